The van der Waals surface area contributed by atoms with E-state index in [-0.39, 0.29) is 17.3 Å². The van der Waals surface area contributed by atoms with Gasteiger partial charge in [0.2, 0.25) is 0 Å². The molecule has 1 rings (SSSR count). The van der Waals surface area contributed by atoms with Gasteiger partial charge in [-0.3, -0.25) is 0 Å². The Labute approximate surface area is 116 Å². The monoisotopic (exact) mass is 310 g/mol. The first kappa shape index (κ1) is 16.2. The van der Waals surface area contributed by atoms with E-state index < -0.39 is 14.9 Å². The maximum Gasteiger partial charge on any atom is 0.261 e. The van der Waals surface area contributed by atoms with E-state index in [1.54, 1.807) is 0 Å². The molecule has 4 nitrogen and oxygen atoms in total. The molecule has 0 saturated carbocycles. The first-order valence-electron chi connectivity index (χ1n) is 5.75. The van der Waals surface area contributed by atoms with Gasteiger partial charge in [-0.05, 0) is 24.1 Å². The maximum absolute atomic E-state index is 13.5. The third-order valence-electron chi connectivity index (χ3n) is 2.12. The maximum atomic E-state index is 13.5. The van der Waals surface area contributed by atoms with Crippen LogP contribution in [0.5, 0.6) is 5.75 Å². The number of rotatable bonds is 7. The zero-order valence-electron chi connectivity index (χ0n) is 10.7. The van der Waals surface area contributed by atoms with Crippen molar-refractivity contribution in [3.63, 3.8) is 0 Å². The first-order valence-corrected chi connectivity index (χ1v) is 8.06. The summed E-state index contributed by atoms with van der Waals surface area (Å²) in [7, 11) is 1.17. The second-order valence-electron chi connectivity index (χ2n) is 4.35. The van der Waals surface area contributed by atoms with Crippen LogP contribution in [0, 0.1) is 11.7 Å². The van der Waals surface area contributed by atoms with Crippen LogP contribution >= 0.6 is 10.7 Å². The van der Waals surface area contributed by atoms with Gasteiger partial charge in [0.1, 0.15) is 6.61 Å². The summed E-state index contributed by atoms with van der Waals surface area (Å²) in [5, 5.41) is 0. The topological polar surface area (TPSA) is 52.6 Å². The first-order chi connectivity index (χ1) is 8.80. The van der Waals surface area contributed by atoms with E-state index >= 15 is 0 Å². The predicted molar refractivity (Wildman–Crippen MR) is 70.6 cm³/mol. The molecule has 0 heterocycles. The number of hydrogen-bond donors (Lipinski definition) is 0. The normalized spacial score (nSPS) is 11.8. The molecule has 0 radical (unpaired) electrons. The summed E-state index contributed by atoms with van der Waals surface area (Å²) in [6.07, 6.45) is 0. The van der Waals surface area contributed by atoms with Crippen LogP contribution in [-0.2, 0) is 13.8 Å². The lowest BCUT2D eigenvalue weighted by molar-refractivity contribution is 0.0807. The Morgan fingerprint density at radius 3 is 2.53 bits per heavy atom. The average molecular weight is 311 g/mol. The van der Waals surface area contributed by atoms with Gasteiger partial charge in [0, 0.05) is 17.3 Å². The van der Waals surface area contributed by atoms with Gasteiger partial charge in [-0.1, -0.05) is 13.8 Å². The number of benzene rings is 1. The molecule has 7 heteroatoms. The second-order valence-corrected chi connectivity index (χ2v) is 6.91. The van der Waals surface area contributed by atoms with E-state index in [4.69, 9.17) is 20.2 Å². The highest BCUT2D eigenvalue weighted by atomic mass is 35.7. The van der Waals surface area contributed by atoms with Crippen LogP contribution in [0.15, 0.2) is 23.1 Å². The Hall–Kier alpha value is -0.850. The highest BCUT2D eigenvalue weighted by Crippen LogP contribution is 2.23. The Kier molecular flexibility index (Phi) is 6.03. The SMILES string of the molecule is CC(C)COCCOc1ccc(S(=O)(=O)Cl)cc1F. The van der Waals surface area contributed by atoms with Gasteiger partial charge >= 0.3 is 0 Å². The van der Waals surface area contributed by atoms with Crippen LogP contribution < -0.4 is 4.74 Å². The molecule has 0 N–H and O–H groups in total. The summed E-state index contributed by atoms with van der Waals surface area (Å²) in [5.41, 5.74) is 0. The van der Waals surface area contributed by atoms with Gasteiger partial charge < -0.3 is 9.47 Å². The minimum atomic E-state index is -3.93. The standard InChI is InChI=1S/C12H16ClFO4S/c1-9(2)8-17-5-6-18-12-4-3-10(7-11(12)14)19(13,15)16/h3-4,7,9H,5-6,8H2,1-2H3. The molecule has 1 aromatic carbocycles. The molecule has 108 valence electrons. The van der Waals surface area contributed by atoms with Crippen LogP contribution in [0.25, 0.3) is 0 Å². The molecular formula is C12H16ClFO4S. The summed E-state index contributed by atoms with van der Waals surface area (Å²) in [6, 6.07) is 3.25. The van der Waals surface area contributed by atoms with E-state index in [2.05, 4.69) is 0 Å². The molecule has 0 saturated heterocycles. The van der Waals surface area contributed by atoms with Crippen LogP contribution in [-0.4, -0.2) is 28.2 Å². The smallest absolute Gasteiger partial charge is 0.261 e. The zero-order chi connectivity index (χ0) is 14.5. The van der Waals surface area contributed by atoms with Crippen molar-refractivity contribution in [1.82, 2.24) is 0 Å². The van der Waals surface area contributed by atoms with Crippen molar-refractivity contribution in [1.29, 1.82) is 0 Å². The highest BCUT2D eigenvalue weighted by molar-refractivity contribution is 8.13. The quantitative estimate of drug-likeness (QED) is 0.574. The molecule has 0 bridgehead atoms. The molecule has 0 amide bonds. The summed E-state index contributed by atoms with van der Waals surface area (Å²) < 4.78 is 45.9. The third kappa shape index (κ3) is 5.76. The second kappa shape index (κ2) is 7.07. The largest absolute Gasteiger partial charge is 0.488 e. The van der Waals surface area contributed by atoms with Crippen LogP contribution in [0.4, 0.5) is 4.39 Å². The van der Waals surface area contributed by atoms with Crippen molar-refractivity contribution in [2.45, 2.75) is 18.7 Å². The fourth-order valence-electron chi connectivity index (χ4n) is 1.28. The lowest BCUT2D eigenvalue weighted by atomic mass is 10.2. The average Bonchev–Trinajstić information content (AvgIpc) is 2.28. The number of ether oxygens (including phenoxy) is 2. The van der Waals surface area contributed by atoms with Gasteiger partial charge in [-0.15, -0.1) is 0 Å². The fraction of sp³-hybridized carbons (Fsp3) is 0.500. The van der Waals surface area contributed by atoms with Gasteiger partial charge in [0.05, 0.1) is 11.5 Å². The van der Waals surface area contributed by atoms with Crippen molar-refractivity contribution >= 4 is 19.7 Å². The molecule has 0 unspecified atom stereocenters. The summed E-state index contributed by atoms with van der Waals surface area (Å²) in [5.74, 6) is -0.382. The van der Waals surface area contributed by atoms with E-state index in [9.17, 15) is 12.8 Å². The molecule has 1 aromatic rings. The molecule has 0 fully saturated rings. The Balaban J connectivity index is 2.52. The van der Waals surface area contributed by atoms with E-state index in [0.717, 1.165) is 6.07 Å². The van der Waals surface area contributed by atoms with Gasteiger partial charge in [-0.2, -0.15) is 0 Å². The molecule has 0 aliphatic carbocycles. The fourth-order valence-corrected chi connectivity index (χ4v) is 2.04. The molecule has 0 spiro atoms. The lowest BCUT2D eigenvalue weighted by Gasteiger charge is -2.09. The van der Waals surface area contributed by atoms with Crippen molar-refractivity contribution in [3.8, 4) is 5.75 Å². The molecule has 19 heavy (non-hydrogen) atoms. The van der Waals surface area contributed by atoms with Gasteiger partial charge in [0.15, 0.2) is 11.6 Å². The third-order valence-corrected chi connectivity index (χ3v) is 3.47. The van der Waals surface area contributed by atoms with Gasteiger partial charge in [0.25, 0.3) is 9.05 Å². The van der Waals surface area contributed by atoms with Gasteiger partial charge in [-0.25, -0.2) is 12.8 Å². The minimum Gasteiger partial charge on any atom is -0.488 e. The molecule has 0 aliphatic heterocycles. The van der Waals surface area contributed by atoms with Crippen molar-refractivity contribution in [2.75, 3.05) is 19.8 Å². The molecular weight excluding hydrogens is 295 g/mol. The summed E-state index contributed by atoms with van der Waals surface area (Å²) >= 11 is 0. The summed E-state index contributed by atoms with van der Waals surface area (Å²) in [6.45, 7) is 5.18. The Morgan fingerprint density at radius 2 is 2.00 bits per heavy atom. The van der Waals surface area contributed by atoms with E-state index in [0.29, 0.717) is 19.1 Å². The zero-order valence-corrected chi connectivity index (χ0v) is 12.3. The molecule has 0 aromatic heterocycles. The predicted octanol–water partition coefficient (Wildman–Crippen LogP) is 2.80. The van der Waals surface area contributed by atoms with Crippen LogP contribution in [0.3, 0.4) is 0 Å². The molecule has 0 atom stereocenters. The van der Waals surface area contributed by atoms with E-state index in [1.807, 2.05) is 13.8 Å². The van der Waals surface area contributed by atoms with E-state index in [1.165, 1.54) is 12.1 Å². The van der Waals surface area contributed by atoms with Crippen molar-refractivity contribution < 1.29 is 22.3 Å². The lowest BCUT2D eigenvalue weighted by Crippen LogP contribution is -2.10. The highest BCUT2D eigenvalue weighted by Gasteiger charge is 2.13. The number of hydrogen-bond acceptors (Lipinski definition) is 4. The number of halogens is 2. The molecule has 0 aliphatic rings. The Bertz CT molecular complexity index is 516. The minimum absolute atomic E-state index is 0.0304. The Morgan fingerprint density at radius 1 is 1.32 bits per heavy atom. The van der Waals surface area contributed by atoms with Crippen molar-refractivity contribution in [2.24, 2.45) is 5.92 Å². The summed E-state index contributed by atoms with van der Waals surface area (Å²) in [4.78, 5) is -0.296. The van der Waals surface area contributed by atoms with Crippen LogP contribution in [0.1, 0.15) is 13.8 Å². The van der Waals surface area contributed by atoms with Crippen molar-refractivity contribution in [3.05, 3.63) is 24.0 Å². The van der Waals surface area contributed by atoms with Crippen LogP contribution in [0.2, 0.25) is 0 Å².